The highest BCUT2D eigenvalue weighted by atomic mass is 16.2. The van der Waals surface area contributed by atoms with Crippen molar-refractivity contribution in [2.75, 3.05) is 0 Å². The molecule has 1 amide bonds. The van der Waals surface area contributed by atoms with Crippen molar-refractivity contribution in [3.8, 4) is 11.1 Å². The maximum Gasteiger partial charge on any atom is 0.227 e. The number of fused-ring (bicyclic) bond motifs is 3. The van der Waals surface area contributed by atoms with Gasteiger partial charge in [0.15, 0.2) is 0 Å². The van der Waals surface area contributed by atoms with E-state index in [1.165, 1.54) is 0 Å². The van der Waals surface area contributed by atoms with Gasteiger partial charge in [0, 0.05) is 30.4 Å². The van der Waals surface area contributed by atoms with Gasteiger partial charge in [-0.05, 0) is 48.4 Å². The minimum absolute atomic E-state index is 0.279. The van der Waals surface area contributed by atoms with Crippen LogP contribution in [0.3, 0.4) is 0 Å². The van der Waals surface area contributed by atoms with Crippen LogP contribution in [0.15, 0.2) is 67.3 Å². The number of rotatable bonds is 5. The standard InChI is InChI=1S/C25H25N5O/c31-25(10-17-4-2-1-3-5-17)30-21-7-9-23(30)19(11-21)15-29-16-26-22-12-18(6-8-24(22)29)20-13-27-28-14-20/h1-6,8,12-14,16,19,21,23H,7,9-11,15H2,(H,27,28). The highest BCUT2D eigenvalue weighted by Crippen LogP contribution is 2.43. The lowest BCUT2D eigenvalue weighted by Crippen LogP contribution is -2.38. The first-order valence-corrected chi connectivity index (χ1v) is 11.1. The topological polar surface area (TPSA) is 66.8 Å². The zero-order valence-corrected chi connectivity index (χ0v) is 17.3. The summed E-state index contributed by atoms with van der Waals surface area (Å²) < 4.78 is 2.26. The van der Waals surface area contributed by atoms with Gasteiger partial charge in [0.2, 0.25) is 5.91 Å². The van der Waals surface area contributed by atoms with Crippen LogP contribution in [0.1, 0.15) is 24.8 Å². The number of benzene rings is 2. The molecule has 0 aliphatic carbocycles. The van der Waals surface area contributed by atoms with E-state index in [1.54, 1.807) is 0 Å². The monoisotopic (exact) mass is 411 g/mol. The maximum absolute atomic E-state index is 13.1. The molecule has 2 bridgehead atoms. The van der Waals surface area contributed by atoms with Crippen LogP contribution in [0.4, 0.5) is 0 Å². The van der Waals surface area contributed by atoms with E-state index in [9.17, 15) is 4.79 Å². The Morgan fingerprint density at radius 1 is 1.10 bits per heavy atom. The summed E-state index contributed by atoms with van der Waals surface area (Å²) in [5.41, 5.74) is 5.43. The molecule has 3 atom stereocenters. The number of H-pyrrole nitrogens is 1. The second-order valence-electron chi connectivity index (χ2n) is 8.85. The van der Waals surface area contributed by atoms with Gasteiger partial charge in [-0.1, -0.05) is 36.4 Å². The fourth-order valence-corrected chi connectivity index (χ4v) is 5.61. The van der Waals surface area contributed by atoms with Crippen molar-refractivity contribution < 1.29 is 4.79 Å². The van der Waals surface area contributed by atoms with Crippen LogP contribution >= 0.6 is 0 Å². The molecule has 0 spiro atoms. The molecule has 156 valence electrons. The number of carbonyl (C=O) groups is 1. The first-order chi connectivity index (χ1) is 15.3. The van der Waals surface area contributed by atoms with Crippen molar-refractivity contribution in [2.45, 2.75) is 44.3 Å². The summed E-state index contributed by atoms with van der Waals surface area (Å²) in [5.74, 6) is 0.769. The van der Waals surface area contributed by atoms with Crippen molar-refractivity contribution >= 4 is 16.9 Å². The molecular weight excluding hydrogens is 386 g/mol. The molecule has 2 aliphatic rings. The molecule has 4 aromatic rings. The van der Waals surface area contributed by atoms with Crippen molar-refractivity contribution in [1.29, 1.82) is 0 Å². The third-order valence-electron chi connectivity index (χ3n) is 7.04. The molecule has 2 fully saturated rings. The molecule has 1 N–H and O–H groups in total. The molecule has 6 heteroatoms. The number of nitrogens with one attached hydrogen (secondary N) is 1. The first-order valence-electron chi connectivity index (χ1n) is 11.1. The third kappa shape index (κ3) is 3.23. The number of amides is 1. The molecule has 2 aromatic heterocycles. The number of hydrogen-bond acceptors (Lipinski definition) is 3. The Kier molecular flexibility index (Phi) is 4.37. The molecule has 0 radical (unpaired) electrons. The molecule has 6 rings (SSSR count). The fraction of sp³-hybridized carbons (Fsp3) is 0.320. The Bertz CT molecular complexity index is 1210. The van der Waals surface area contributed by atoms with Gasteiger partial charge in [-0.15, -0.1) is 0 Å². The highest BCUT2D eigenvalue weighted by molar-refractivity contribution is 5.82. The molecular formula is C25H25N5O. The van der Waals surface area contributed by atoms with Gasteiger partial charge in [-0.2, -0.15) is 5.10 Å². The van der Waals surface area contributed by atoms with Gasteiger partial charge in [-0.25, -0.2) is 4.98 Å². The van der Waals surface area contributed by atoms with Gasteiger partial charge in [0.25, 0.3) is 0 Å². The second kappa shape index (κ2) is 7.38. The Hall–Kier alpha value is -3.41. The van der Waals surface area contributed by atoms with Gasteiger partial charge in [0.05, 0.1) is 30.0 Å². The number of hydrogen-bond donors (Lipinski definition) is 1. The summed E-state index contributed by atoms with van der Waals surface area (Å²) in [5, 5.41) is 6.90. The number of nitrogens with zero attached hydrogens (tertiary/aromatic N) is 4. The van der Waals surface area contributed by atoms with E-state index in [4.69, 9.17) is 0 Å². The predicted molar refractivity (Wildman–Crippen MR) is 119 cm³/mol. The van der Waals surface area contributed by atoms with Crippen LogP contribution in [-0.4, -0.2) is 42.6 Å². The number of carbonyl (C=O) groups excluding carboxylic acids is 1. The van der Waals surface area contributed by atoms with E-state index in [2.05, 4.69) is 42.8 Å². The van der Waals surface area contributed by atoms with Crippen molar-refractivity contribution in [3.05, 3.63) is 72.8 Å². The van der Waals surface area contributed by atoms with Crippen LogP contribution in [0.5, 0.6) is 0 Å². The SMILES string of the molecule is O=C(Cc1ccccc1)N1C2CCC1C(Cn1cnc3cc(-c4cn[nH]c4)ccc31)C2. The van der Waals surface area contributed by atoms with E-state index in [1.807, 2.05) is 49.1 Å². The molecule has 3 unspecified atom stereocenters. The molecule has 2 saturated heterocycles. The zero-order chi connectivity index (χ0) is 20.8. The summed E-state index contributed by atoms with van der Waals surface area (Å²) in [6.45, 7) is 0.915. The lowest BCUT2D eigenvalue weighted by molar-refractivity contribution is -0.131. The van der Waals surface area contributed by atoms with E-state index >= 15 is 0 Å². The van der Waals surface area contributed by atoms with E-state index in [0.29, 0.717) is 24.4 Å². The lowest BCUT2D eigenvalue weighted by Gasteiger charge is -2.25. The van der Waals surface area contributed by atoms with Crippen LogP contribution in [0.25, 0.3) is 22.2 Å². The Morgan fingerprint density at radius 2 is 2.00 bits per heavy atom. The minimum atomic E-state index is 0.279. The molecule has 31 heavy (non-hydrogen) atoms. The molecule has 0 saturated carbocycles. The smallest absolute Gasteiger partial charge is 0.227 e. The van der Waals surface area contributed by atoms with E-state index in [-0.39, 0.29) is 5.91 Å². The summed E-state index contributed by atoms with van der Waals surface area (Å²) >= 11 is 0. The largest absolute Gasteiger partial charge is 0.336 e. The average molecular weight is 412 g/mol. The van der Waals surface area contributed by atoms with Gasteiger partial charge < -0.3 is 9.47 Å². The van der Waals surface area contributed by atoms with Crippen molar-refractivity contribution in [3.63, 3.8) is 0 Å². The van der Waals surface area contributed by atoms with Crippen LogP contribution in [0, 0.1) is 5.92 Å². The van der Waals surface area contributed by atoms with Gasteiger partial charge in [0.1, 0.15) is 0 Å². The quantitative estimate of drug-likeness (QED) is 0.539. The Morgan fingerprint density at radius 3 is 2.84 bits per heavy atom. The average Bonchev–Trinajstić information content (AvgIpc) is 3.58. The van der Waals surface area contributed by atoms with Crippen molar-refractivity contribution in [1.82, 2.24) is 24.6 Å². The summed E-state index contributed by atoms with van der Waals surface area (Å²) in [6, 6.07) is 17.2. The number of aromatic amines is 1. The van der Waals surface area contributed by atoms with E-state index in [0.717, 1.165) is 53.5 Å². The molecule has 2 aliphatic heterocycles. The third-order valence-corrected chi connectivity index (χ3v) is 7.04. The summed E-state index contributed by atoms with van der Waals surface area (Å²) in [4.78, 5) is 19.9. The van der Waals surface area contributed by atoms with Crippen molar-refractivity contribution in [2.24, 2.45) is 5.92 Å². The van der Waals surface area contributed by atoms with E-state index < -0.39 is 0 Å². The van der Waals surface area contributed by atoms with Crippen LogP contribution in [0.2, 0.25) is 0 Å². The first kappa shape index (κ1) is 18.4. The summed E-state index contributed by atoms with van der Waals surface area (Å²) in [6.07, 6.45) is 9.53. The van der Waals surface area contributed by atoms with Gasteiger partial charge in [-0.3, -0.25) is 9.89 Å². The summed E-state index contributed by atoms with van der Waals surface area (Å²) in [7, 11) is 0. The Balaban J connectivity index is 1.20. The highest BCUT2D eigenvalue weighted by Gasteiger charge is 2.48. The fourth-order valence-electron chi connectivity index (χ4n) is 5.61. The zero-order valence-electron chi connectivity index (χ0n) is 17.3. The van der Waals surface area contributed by atoms with Crippen LogP contribution < -0.4 is 0 Å². The molecule has 4 heterocycles. The number of aromatic nitrogens is 4. The lowest BCUT2D eigenvalue weighted by atomic mass is 9.89. The predicted octanol–water partition coefficient (Wildman–Crippen LogP) is 4.05. The minimum Gasteiger partial charge on any atom is -0.336 e. The second-order valence-corrected chi connectivity index (χ2v) is 8.85. The maximum atomic E-state index is 13.1. The van der Waals surface area contributed by atoms with Crippen LogP contribution in [-0.2, 0) is 17.8 Å². The molecule has 2 aromatic carbocycles. The number of imidazole rings is 1. The normalized spacial score (nSPS) is 22.5. The van der Waals surface area contributed by atoms with Gasteiger partial charge >= 0.3 is 0 Å². The Labute approximate surface area is 180 Å². The molecule has 6 nitrogen and oxygen atoms in total.